The van der Waals surface area contributed by atoms with Gasteiger partial charge in [-0.05, 0) is 30.5 Å². The van der Waals surface area contributed by atoms with E-state index in [1.165, 1.54) is 25.7 Å². The summed E-state index contributed by atoms with van der Waals surface area (Å²) in [5, 5.41) is 0. The Hall–Kier alpha value is -1.22. The molecule has 0 aromatic heterocycles. The maximum absolute atomic E-state index is 12.2. The molecule has 4 heteroatoms. The van der Waals surface area contributed by atoms with Crippen molar-refractivity contribution in [2.75, 3.05) is 13.0 Å². The summed E-state index contributed by atoms with van der Waals surface area (Å²) in [7, 11) is 1.66. The highest BCUT2D eigenvalue weighted by Crippen LogP contribution is 2.24. The molecule has 0 saturated heterocycles. The molecule has 1 aliphatic rings. The van der Waals surface area contributed by atoms with Gasteiger partial charge < -0.3 is 9.64 Å². The van der Waals surface area contributed by atoms with Crippen LogP contribution >= 0.6 is 11.6 Å². The topological polar surface area (TPSA) is 29.5 Å². The number of ether oxygens (including phenoxy) is 1. The van der Waals surface area contributed by atoms with Gasteiger partial charge in [0.1, 0.15) is 11.6 Å². The number of amides is 1. The molecule has 0 radical (unpaired) electrons. The number of benzene rings is 1. The lowest BCUT2D eigenvalue weighted by molar-refractivity contribution is -0.131. The summed E-state index contributed by atoms with van der Waals surface area (Å²) in [5.74, 6) is 0.940. The van der Waals surface area contributed by atoms with Gasteiger partial charge in [0.25, 0.3) is 0 Å². The Morgan fingerprint density at radius 1 is 1.19 bits per heavy atom. The Bertz CT molecular complexity index is 439. The Morgan fingerprint density at radius 3 is 2.33 bits per heavy atom. The molecule has 0 aliphatic heterocycles. The van der Waals surface area contributed by atoms with Crippen LogP contribution in [0.1, 0.15) is 44.1 Å². The molecule has 21 heavy (non-hydrogen) atoms. The third-order valence-corrected chi connectivity index (χ3v) is 4.44. The third-order valence-electron chi connectivity index (χ3n) is 4.21. The molecule has 1 aromatic carbocycles. The summed E-state index contributed by atoms with van der Waals surface area (Å²) in [4.78, 5) is 14.2. The van der Waals surface area contributed by atoms with Crippen LogP contribution in [0.15, 0.2) is 24.3 Å². The van der Waals surface area contributed by atoms with Crippen molar-refractivity contribution in [3.63, 3.8) is 0 Å². The summed E-state index contributed by atoms with van der Waals surface area (Å²) >= 11 is 5.81. The molecule has 0 unspecified atom stereocenters. The zero-order valence-electron chi connectivity index (χ0n) is 12.7. The number of carbonyl (C=O) groups excluding carboxylic acids is 1. The van der Waals surface area contributed by atoms with Gasteiger partial charge in [-0.1, -0.05) is 37.8 Å². The lowest BCUT2D eigenvalue weighted by atomic mass is 10.1. The van der Waals surface area contributed by atoms with Crippen LogP contribution in [0.2, 0.25) is 0 Å². The van der Waals surface area contributed by atoms with Crippen LogP contribution in [-0.2, 0) is 11.3 Å². The number of hydrogen-bond donors (Lipinski definition) is 0. The minimum Gasteiger partial charge on any atom is -0.497 e. The molecular weight excluding hydrogens is 286 g/mol. The second-order valence-electron chi connectivity index (χ2n) is 5.65. The summed E-state index contributed by atoms with van der Waals surface area (Å²) in [6.07, 6.45) is 7.17. The minimum absolute atomic E-state index is 0.0411. The van der Waals surface area contributed by atoms with E-state index in [0.717, 1.165) is 24.2 Å². The minimum atomic E-state index is 0.0411. The number of nitrogens with zero attached hydrogens (tertiary/aromatic N) is 1. The van der Waals surface area contributed by atoms with E-state index >= 15 is 0 Å². The van der Waals surface area contributed by atoms with Crippen molar-refractivity contribution in [3.8, 4) is 5.75 Å². The maximum atomic E-state index is 12.2. The first kappa shape index (κ1) is 16.2. The van der Waals surface area contributed by atoms with Gasteiger partial charge in [-0.3, -0.25) is 4.79 Å². The van der Waals surface area contributed by atoms with Gasteiger partial charge in [0.2, 0.25) is 5.91 Å². The van der Waals surface area contributed by atoms with E-state index in [4.69, 9.17) is 16.3 Å². The van der Waals surface area contributed by atoms with Crippen molar-refractivity contribution >= 4 is 17.5 Å². The van der Waals surface area contributed by atoms with E-state index in [9.17, 15) is 4.79 Å². The van der Waals surface area contributed by atoms with Gasteiger partial charge in [0, 0.05) is 12.6 Å². The maximum Gasteiger partial charge on any atom is 0.238 e. The molecule has 3 nitrogen and oxygen atoms in total. The van der Waals surface area contributed by atoms with Crippen LogP contribution in [0.4, 0.5) is 0 Å². The molecule has 2 rings (SSSR count). The first-order chi connectivity index (χ1) is 10.2. The van der Waals surface area contributed by atoms with Crippen LogP contribution in [0.3, 0.4) is 0 Å². The molecule has 1 amide bonds. The Labute approximate surface area is 132 Å². The Balaban J connectivity index is 2.09. The summed E-state index contributed by atoms with van der Waals surface area (Å²) < 4.78 is 5.17. The van der Waals surface area contributed by atoms with E-state index in [-0.39, 0.29) is 11.8 Å². The van der Waals surface area contributed by atoms with Gasteiger partial charge in [-0.25, -0.2) is 0 Å². The summed E-state index contributed by atoms with van der Waals surface area (Å²) in [6, 6.07) is 8.24. The van der Waals surface area contributed by atoms with Gasteiger partial charge in [0.05, 0.1) is 7.11 Å². The highest BCUT2D eigenvalue weighted by atomic mass is 35.5. The summed E-state index contributed by atoms with van der Waals surface area (Å²) in [6.45, 7) is 0.639. The van der Waals surface area contributed by atoms with E-state index in [2.05, 4.69) is 0 Å². The average Bonchev–Trinajstić information content (AvgIpc) is 2.81. The predicted octanol–water partition coefficient (Wildman–Crippen LogP) is 3.99. The Morgan fingerprint density at radius 2 is 1.81 bits per heavy atom. The van der Waals surface area contributed by atoms with Crippen molar-refractivity contribution in [1.29, 1.82) is 0 Å². The van der Waals surface area contributed by atoms with Crippen LogP contribution in [0, 0.1) is 0 Å². The molecule has 0 N–H and O–H groups in total. The van der Waals surface area contributed by atoms with Crippen molar-refractivity contribution in [2.24, 2.45) is 0 Å². The molecule has 1 aliphatic carbocycles. The number of carbonyl (C=O) groups is 1. The molecule has 0 heterocycles. The van der Waals surface area contributed by atoms with Gasteiger partial charge >= 0.3 is 0 Å². The number of methoxy groups -OCH3 is 1. The first-order valence-electron chi connectivity index (χ1n) is 7.73. The van der Waals surface area contributed by atoms with Crippen molar-refractivity contribution < 1.29 is 9.53 Å². The molecule has 1 saturated carbocycles. The quantitative estimate of drug-likeness (QED) is 0.608. The second kappa shape index (κ2) is 8.28. The zero-order chi connectivity index (χ0) is 15.1. The zero-order valence-corrected chi connectivity index (χ0v) is 13.4. The largest absolute Gasteiger partial charge is 0.497 e. The molecule has 0 spiro atoms. The van der Waals surface area contributed by atoms with Gasteiger partial charge in [-0.15, -0.1) is 11.6 Å². The third kappa shape index (κ3) is 4.63. The molecule has 0 atom stereocenters. The van der Waals surface area contributed by atoms with E-state index in [1.54, 1.807) is 7.11 Å². The lowest BCUT2D eigenvalue weighted by Gasteiger charge is -2.31. The van der Waals surface area contributed by atoms with Crippen LogP contribution in [-0.4, -0.2) is 29.8 Å². The highest BCUT2D eigenvalue weighted by Gasteiger charge is 2.24. The molecule has 0 bridgehead atoms. The fourth-order valence-corrected chi connectivity index (χ4v) is 3.15. The number of hydrogen-bond acceptors (Lipinski definition) is 2. The van der Waals surface area contributed by atoms with Crippen LogP contribution in [0.25, 0.3) is 0 Å². The monoisotopic (exact) mass is 309 g/mol. The number of halogens is 1. The predicted molar refractivity (Wildman–Crippen MR) is 85.8 cm³/mol. The standard InChI is InChI=1S/C17H24ClNO2/c1-21-16-10-8-14(9-11-16)13-19(17(20)12-18)15-6-4-2-3-5-7-15/h8-11,15H,2-7,12-13H2,1H3. The number of alkyl halides is 1. The van der Waals surface area contributed by atoms with E-state index < -0.39 is 0 Å². The molecular formula is C17H24ClNO2. The SMILES string of the molecule is COc1ccc(CN(C(=O)CCl)C2CCCCCC2)cc1. The Kier molecular flexibility index (Phi) is 6.37. The normalized spacial score (nSPS) is 16.3. The van der Waals surface area contributed by atoms with Crippen LogP contribution < -0.4 is 4.74 Å². The number of rotatable bonds is 5. The van der Waals surface area contributed by atoms with Crippen molar-refractivity contribution in [3.05, 3.63) is 29.8 Å². The average molecular weight is 310 g/mol. The molecule has 1 aromatic rings. The first-order valence-corrected chi connectivity index (χ1v) is 8.26. The smallest absolute Gasteiger partial charge is 0.238 e. The van der Waals surface area contributed by atoms with Crippen molar-refractivity contribution in [1.82, 2.24) is 4.90 Å². The van der Waals surface area contributed by atoms with E-state index in [0.29, 0.717) is 12.6 Å². The fourth-order valence-electron chi connectivity index (χ4n) is 2.99. The van der Waals surface area contributed by atoms with Gasteiger partial charge in [-0.2, -0.15) is 0 Å². The molecule has 1 fully saturated rings. The summed E-state index contributed by atoms with van der Waals surface area (Å²) in [5.41, 5.74) is 1.12. The highest BCUT2D eigenvalue weighted by molar-refractivity contribution is 6.27. The van der Waals surface area contributed by atoms with Gasteiger partial charge in [0.15, 0.2) is 0 Å². The van der Waals surface area contributed by atoms with Crippen molar-refractivity contribution in [2.45, 2.75) is 51.1 Å². The van der Waals surface area contributed by atoms with Crippen LogP contribution in [0.5, 0.6) is 5.75 Å². The second-order valence-corrected chi connectivity index (χ2v) is 5.92. The lowest BCUT2D eigenvalue weighted by Crippen LogP contribution is -2.40. The molecule has 116 valence electrons. The fraction of sp³-hybridized carbons (Fsp3) is 0.588. The van der Waals surface area contributed by atoms with E-state index in [1.807, 2.05) is 29.2 Å².